The van der Waals surface area contributed by atoms with Crippen molar-refractivity contribution < 1.29 is 9.90 Å². The van der Waals surface area contributed by atoms with E-state index in [0.29, 0.717) is 11.4 Å². The normalized spacial score (nSPS) is 12.2. The largest absolute Gasteiger partial charge is 0.481 e. The van der Waals surface area contributed by atoms with Crippen LogP contribution in [-0.4, -0.2) is 11.1 Å². The van der Waals surface area contributed by atoms with Crippen molar-refractivity contribution in [3.05, 3.63) is 69.7 Å². The van der Waals surface area contributed by atoms with Crippen LogP contribution < -0.4 is 0 Å². The fourth-order valence-corrected chi connectivity index (χ4v) is 2.42. The molecule has 2 aromatic carbocycles. The molecule has 1 atom stereocenters. The van der Waals surface area contributed by atoms with Gasteiger partial charge in [0.15, 0.2) is 0 Å². The zero-order chi connectivity index (χ0) is 14.7. The summed E-state index contributed by atoms with van der Waals surface area (Å²) >= 11 is 6.10. The van der Waals surface area contributed by atoms with Gasteiger partial charge in [0.1, 0.15) is 0 Å². The van der Waals surface area contributed by atoms with Crippen LogP contribution in [0.4, 0.5) is 0 Å². The van der Waals surface area contributed by atoms with Crippen LogP contribution in [0.2, 0.25) is 5.02 Å². The van der Waals surface area contributed by atoms with E-state index in [4.69, 9.17) is 11.6 Å². The summed E-state index contributed by atoms with van der Waals surface area (Å²) in [6.07, 6.45) is 0.474. The average Bonchev–Trinajstić information content (AvgIpc) is 2.41. The first-order valence-electron chi connectivity index (χ1n) is 6.52. The highest BCUT2D eigenvalue weighted by molar-refractivity contribution is 6.31. The summed E-state index contributed by atoms with van der Waals surface area (Å²) in [4.78, 5) is 11.6. The Hall–Kier alpha value is -1.80. The van der Waals surface area contributed by atoms with E-state index in [1.807, 2.05) is 50.2 Å². The van der Waals surface area contributed by atoms with Gasteiger partial charge in [-0.1, -0.05) is 48.0 Å². The molecular formula is C17H17ClO2. The van der Waals surface area contributed by atoms with Crippen molar-refractivity contribution in [2.45, 2.75) is 26.2 Å². The number of carbonyl (C=O) groups is 1. The summed E-state index contributed by atoms with van der Waals surface area (Å²) in [6, 6.07) is 13.3. The van der Waals surface area contributed by atoms with Crippen LogP contribution in [0.1, 0.15) is 28.2 Å². The van der Waals surface area contributed by atoms with Crippen molar-refractivity contribution in [3.8, 4) is 0 Å². The first kappa shape index (κ1) is 14.6. The Bertz CT molecular complexity index is 635. The Morgan fingerprint density at radius 3 is 2.45 bits per heavy atom. The van der Waals surface area contributed by atoms with Crippen molar-refractivity contribution in [1.29, 1.82) is 0 Å². The molecule has 104 valence electrons. The van der Waals surface area contributed by atoms with Gasteiger partial charge >= 0.3 is 5.97 Å². The number of aliphatic carboxylic acids is 1. The maximum absolute atomic E-state index is 11.6. The monoisotopic (exact) mass is 288 g/mol. The molecule has 0 radical (unpaired) electrons. The van der Waals surface area contributed by atoms with Crippen LogP contribution in [0.15, 0.2) is 42.5 Å². The van der Waals surface area contributed by atoms with Gasteiger partial charge in [0, 0.05) is 5.02 Å². The molecule has 0 bridgehead atoms. The van der Waals surface area contributed by atoms with Gasteiger partial charge in [-0.15, -0.1) is 0 Å². The standard InChI is InChI=1S/C17H17ClO2/c1-11-5-3-4-6-13(11)9-15(17(19)20)14-8-7-12(2)16(18)10-14/h3-8,10,15H,9H2,1-2H3,(H,19,20). The summed E-state index contributed by atoms with van der Waals surface area (Å²) in [7, 11) is 0. The first-order chi connectivity index (χ1) is 9.49. The Balaban J connectivity index is 2.34. The Morgan fingerprint density at radius 1 is 1.15 bits per heavy atom. The van der Waals surface area contributed by atoms with E-state index in [1.165, 1.54) is 0 Å². The van der Waals surface area contributed by atoms with Crippen molar-refractivity contribution in [1.82, 2.24) is 0 Å². The second-order valence-electron chi connectivity index (χ2n) is 5.03. The zero-order valence-electron chi connectivity index (χ0n) is 11.6. The summed E-state index contributed by atoms with van der Waals surface area (Å²) in [5.41, 5.74) is 3.86. The molecule has 0 amide bonds. The Morgan fingerprint density at radius 2 is 1.85 bits per heavy atom. The predicted molar refractivity (Wildman–Crippen MR) is 81.4 cm³/mol. The molecule has 0 fully saturated rings. The number of halogens is 1. The fourth-order valence-electron chi connectivity index (χ4n) is 2.23. The van der Waals surface area contributed by atoms with Crippen LogP contribution >= 0.6 is 11.6 Å². The first-order valence-corrected chi connectivity index (χ1v) is 6.90. The lowest BCUT2D eigenvalue weighted by molar-refractivity contribution is -0.138. The number of carboxylic acids is 1. The lowest BCUT2D eigenvalue weighted by atomic mass is 9.90. The van der Waals surface area contributed by atoms with Crippen LogP contribution in [0, 0.1) is 13.8 Å². The maximum atomic E-state index is 11.6. The Labute approximate surface area is 124 Å². The van der Waals surface area contributed by atoms with Gasteiger partial charge in [-0.2, -0.15) is 0 Å². The van der Waals surface area contributed by atoms with Crippen molar-refractivity contribution in [3.63, 3.8) is 0 Å². The highest BCUT2D eigenvalue weighted by Gasteiger charge is 2.21. The van der Waals surface area contributed by atoms with Gasteiger partial charge in [0.25, 0.3) is 0 Å². The van der Waals surface area contributed by atoms with Crippen molar-refractivity contribution in [2.75, 3.05) is 0 Å². The Kier molecular flexibility index (Phi) is 4.46. The molecule has 1 N–H and O–H groups in total. The third-order valence-electron chi connectivity index (χ3n) is 3.58. The van der Waals surface area contributed by atoms with Crippen LogP contribution in [-0.2, 0) is 11.2 Å². The number of aryl methyl sites for hydroxylation is 2. The number of carboxylic acid groups (broad SMARTS) is 1. The minimum absolute atomic E-state index is 0.474. The SMILES string of the molecule is Cc1ccc(C(Cc2ccccc2C)C(=O)O)cc1Cl. The van der Waals surface area contributed by atoms with Crippen LogP contribution in [0.3, 0.4) is 0 Å². The van der Waals surface area contributed by atoms with Gasteiger partial charge in [-0.3, -0.25) is 4.79 Å². The van der Waals surface area contributed by atoms with Crippen LogP contribution in [0.25, 0.3) is 0 Å². The molecule has 0 aliphatic heterocycles. The lowest BCUT2D eigenvalue weighted by Crippen LogP contribution is -2.15. The molecule has 0 aliphatic rings. The van der Waals surface area contributed by atoms with Crippen molar-refractivity contribution >= 4 is 17.6 Å². The average molecular weight is 289 g/mol. The third-order valence-corrected chi connectivity index (χ3v) is 3.99. The number of hydrogen-bond donors (Lipinski definition) is 1. The van der Waals surface area contributed by atoms with E-state index in [2.05, 4.69) is 0 Å². The van der Waals surface area contributed by atoms with E-state index in [1.54, 1.807) is 6.07 Å². The molecular weight excluding hydrogens is 272 g/mol. The molecule has 0 aliphatic carbocycles. The topological polar surface area (TPSA) is 37.3 Å². The van der Waals surface area contributed by atoms with E-state index < -0.39 is 11.9 Å². The number of rotatable bonds is 4. The number of benzene rings is 2. The predicted octanol–water partition coefficient (Wildman–Crippen LogP) is 4.37. The molecule has 1 unspecified atom stereocenters. The minimum Gasteiger partial charge on any atom is -0.481 e. The fraction of sp³-hybridized carbons (Fsp3) is 0.235. The third kappa shape index (κ3) is 3.20. The highest BCUT2D eigenvalue weighted by Crippen LogP contribution is 2.26. The molecule has 3 heteroatoms. The van der Waals surface area contributed by atoms with Gasteiger partial charge in [-0.05, 0) is 48.6 Å². The maximum Gasteiger partial charge on any atom is 0.311 e. The molecule has 20 heavy (non-hydrogen) atoms. The minimum atomic E-state index is -0.826. The molecule has 0 saturated carbocycles. The van der Waals surface area contributed by atoms with Crippen molar-refractivity contribution in [2.24, 2.45) is 0 Å². The van der Waals surface area contributed by atoms with Crippen LogP contribution in [0.5, 0.6) is 0 Å². The molecule has 2 nitrogen and oxygen atoms in total. The van der Waals surface area contributed by atoms with Gasteiger partial charge in [0.2, 0.25) is 0 Å². The summed E-state index contributed by atoms with van der Waals surface area (Å²) < 4.78 is 0. The smallest absolute Gasteiger partial charge is 0.311 e. The molecule has 0 spiro atoms. The molecule has 0 aromatic heterocycles. The summed E-state index contributed by atoms with van der Waals surface area (Å²) in [6.45, 7) is 3.90. The quantitative estimate of drug-likeness (QED) is 0.907. The van der Waals surface area contributed by atoms with Gasteiger partial charge in [0.05, 0.1) is 5.92 Å². The van der Waals surface area contributed by atoms with E-state index in [9.17, 15) is 9.90 Å². The lowest BCUT2D eigenvalue weighted by Gasteiger charge is -2.15. The number of hydrogen-bond acceptors (Lipinski definition) is 1. The molecule has 2 rings (SSSR count). The van der Waals surface area contributed by atoms with Gasteiger partial charge in [-0.25, -0.2) is 0 Å². The zero-order valence-corrected chi connectivity index (χ0v) is 12.3. The van der Waals surface area contributed by atoms with E-state index in [-0.39, 0.29) is 0 Å². The summed E-state index contributed by atoms with van der Waals surface area (Å²) in [5.74, 6) is -1.40. The van der Waals surface area contributed by atoms with E-state index >= 15 is 0 Å². The highest BCUT2D eigenvalue weighted by atomic mass is 35.5. The van der Waals surface area contributed by atoms with Gasteiger partial charge < -0.3 is 5.11 Å². The summed E-state index contributed by atoms with van der Waals surface area (Å²) in [5, 5.41) is 10.1. The second-order valence-corrected chi connectivity index (χ2v) is 5.44. The molecule has 0 saturated heterocycles. The second kappa shape index (κ2) is 6.10. The molecule has 2 aromatic rings. The van der Waals surface area contributed by atoms with E-state index in [0.717, 1.165) is 22.3 Å². The molecule has 0 heterocycles.